The van der Waals surface area contributed by atoms with Crippen LogP contribution in [0.15, 0.2) is 29.2 Å². The van der Waals surface area contributed by atoms with Crippen LogP contribution in [-0.4, -0.2) is 80.5 Å². The number of hydrogen-bond donors (Lipinski definition) is 2. The monoisotopic (exact) mass is 527 g/mol. The van der Waals surface area contributed by atoms with Crippen molar-refractivity contribution in [3.63, 3.8) is 0 Å². The van der Waals surface area contributed by atoms with Crippen molar-refractivity contribution < 1.29 is 37.5 Å². The van der Waals surface area contributed by atoms with Crippen molar-refractivity contribution in [3.8, 4) is 5.75 Å². The highest BCUT2D eigenvalue weighted by Gasteiger charge is 2.30. The first kappa shape index (κ1) is 29.5. The zero-order chi connectivity index (χ0) is 26.7. The van der Waals surface area contributed by atoms with E-state index in [1.165, 1.54) is 23.5 Å². The van der Waals surface area contributed by atoms with Crippen LogP contribution < -0.4 is 10.2 Å². The molecule has 1 aliphatic rings. The smallest absolute Gasteiger partial charge is 0.309 e. The largest absolute Gasteiger partial charge is 0.497 e. The maximum Gasteiger partial charge on any atom is 0.309 e. The number of rotatable bonds is 13. The van der Waals surface area contributed by atoms with Gasteiger partial charge in [-0.15, -0.1) is 0 Å². The van der Waals surface area contributed by atoms with Gasteiger partial charge >= 0.3 is 5.97 Å². The highest BCUT2D eigenvalue weighted by Crippen LogP contribution is 2.23. The van der Waals surface area contributed by atoms with Gasteiger partial charge in [0.15, 0.2) is 0 Å². The van der Waals surface area contributed by atoms with Crippen molar-refractivity contribution in [2.75, 3.05) is 39.9 Å². The van der Waals surface area contributed by atoms with Crippen molar-refractivity contribution in [2.24, 2.45) is 11.8 Å². The summed E-state index contributed by atoms with van der Waals surface area (Å²) in [5.74, 6) is -0.869. The van der Waals surface area contributed by atoms with Gasteiger partial charge in [0.25, 0.3) is 0 Å². The zero-order valence-electron chi connectivity index (χ0n) is 21.1. The lowest BCUT2D eigenvalue weighted by molar-refractivity contribution is -0.151. The first-order valence-corrected chi connectivity index (χ1v) is 13.6. The first-order chi connectivity index (χ1) is 17.1. The van der Waals surface area contributed by atoms with Gasteiger partial charge < -0.3 is 14.4 Å². The second-order valence-corrected chi connectivity index (χ2v) is 10.8. The molecular weight excluding hydrogens is 490 g/mol. The number of hydrogen-bond acceptors (Lipinski definition) is 8. The maximum atomic E-state index is 13.4. The van der Waals surface area contributed by atoms with E-state index in [4.69, 9.17) is 14.7 Å². The Hall–Kier alpha value is -2.70. The van der Waals surface area contributed by atoms with E-state index in [1.54, 1.807) is 36.4 Å². The van der Waals surface area contributed by atoms with Crippen molar-refractivity contribution in [2.45, 2.75) is 50.8 Å². The van der Waals surface area contributed by atoms with Gasteiger partial charge in [0.1, 0.15) is 5.75 Å². The fourth-order valence-electron chi connectivity index (χ4n) is 4.08. The molecule has 1 fully saturated rings. The van der Waals surface area contributed by atoms with Gasteiger partial charge in [0.2, 0.25) is 21.8 Å². The van der Waals surface area contributed by atoms with Gasteiger partial charge in [-0.05, 0) is 56.4 Å². The number of ether oxygens (including phenoxy) is 2. The molecule has 11 nitrogen and oxygen atoms in total. The van der Waals surface area contributed by atoms with E-state index in [1.807, 2.05) is 0 Å². The summed E-state index contributed by atoms with van der Waals surface area (Å²) < 4.78 is 38.2. The number of amides is 2. The van der Waals surface area contributed by atoms with Gasteiger partial charge in [-0.2, -0.15) is 4.31 Å². The second kappa shape index (κ2) is 14.1. The number of carbonyl (C=O) groups is 3. The number of nitrogens with one attached hydrogen (secondary N) is 1. The molecule has 12 heteroatoms. The van der Waals surface area contributed by atoms with Crippen molar-refractivity contribution in [3.05, 3.63) is 24.3 Å². The van der Waals surface area contributed by atoms with E-state index in [-0.39, 0.29) is 54.5 Å². The van der Waals surface area contributed by atoms with Crippen LogP contribution >= 0.6 is 0 Å². The SMILES string of the molecule is CCOC(=O)C1CCN(C(=O)CCN(CCC(C)CC(=O)NO)S(=O)(=O)c2ccc(OC)cc2)CC1. The van der Waals surface area contributed by atoms with E-state index in [2.05, 4.69) is 0 Å². The Morgan fingerprint density at radius 2 is 1.81 bits per heavy atom. The summed E-state index contributed by atoms with van der Waals surface area (Å²) in [4.78, 5) is 38.0. The number of esters is 1. The summed E-state index contributed by atoms with van der Waals surface area (Å²) in [6, 6.07) is 6.01. The minimum absolute atomic E-state index is 0.00896. The number of likely N-dealkylation sites (tertiary alicyclic amines) is 1. The molecule has 1 unspecified atom stereocenters. The molecule has 0 radical (unpaired) electrons. The lowest BCUT2D eigenvalue weighted by Gasteiger charge is -2.31. The molecule has 1 atom stereocenters. The molecule has 2 N–H and O–H groups in total. The molecule has 1 saturated heterocycles. The third kappa shape index (κ3) is 8.45. The van der Waals surface area contributed by atoms with E-state index in [9.17, 15) is 22.8 Å². The van der Waals surface area contributed by atoms with Crippen LogP contribution in [0.25, 0.3) is 0 Å². The maximum absolute atomic E-state index is 13.4. The van der Waals surface area contributed by atoms with Crippen molar-refractivity contribution >= 4 is 27.8 Å². The molecule has 2 amide bonds. The summed E-state index contributed by atoms with van der Waals surface area (Å²) in [5, 5.41) is 8.74. The first-order valence-electron chi connectivity index (χ1n) is 12.1. The number of methoxy groups -OCH3 is 1. The normalized spacial score (nSPS) is 15.4. The van der Waals surface area contributed by atoms with Gasteiger partial charge in [0.05, 0.1) is 24.5 Å². The Kier molecular flexibility index (Phi) is 11.6. The Bertz CT molecular complexity index is 976. The number of hydroxylamine groups is 1. The van der Waals surface area contributed by atoms with E-state index in [0.29, 0.717) is 44.7 Å². The second-order valence-electron chi connectivity index (χ2n) is 8.87. The molecule has 1 aliphatic heterocycles. The zero-order valence-corrected chi connectivity index (χ0v) is 22.0. The summed E-state index contributed by atoms with van der Waals surface area (Å²) in [6.07, 6.45) is 1.43. The molecule has 1 aromatic carbocycles. The van der Waals surface area contributed by atoms with Crippen LogP contribution in [0.1, 0.15) is 46.0 Å². The number of sulfonamides is 1. The molecule has 0 saturated carbocycles. The summed E-state index contributed by atoms with van der Waals surface area (Å²) in [7, 11) is -2.43. The third-order valence-corrected chi connectivity index (χ3v) is 8.18. The van der Waals surface area contributed by atoms with Crippen LogP contribution in [0.3, 0.4) is 0 Å². The molecule has 1 aromatic rings. The molecule has 0 aromatic heterocycles. The number of nitrogens with zero attached hydrogens (tertiary/aromatic N) is 2. The molecule has 1 heterocycles. The number of benzene rings is 1. The topological polar surface area (TPSA) is 143 Å². The van der Waals surface area contributed by atoms with E-state index >= 15 is 0 Å². The summed E-state index contributed by atoms with van der Waals surface area (Å²) in [5.41, 5.74) is 1.58. The number of carbonyl (C=O) groups excluding carboxylic acids is 3. The average Bonchev–Trinajstić information content (AvgIpc) is 2.88. The highest BCUT2D eigenvalue weighted by atomic mass is 32.2. The molecular formula is C24H37N3O8S. The van der Waals surface area contributed by atoms with E-state index < -0.39 is 15.9 Å². The fraction of sp³-hybridized carbons (Fsp3) is 0.625. The Morgan fingerprint density at radius 1 is 1.17 bits per heavy atom. The number of piperidine rings is 1. The van der Waals surface area contributed by atoms with Crippen molar-refractivity contribution in [1.82, 2.24) is 14.7 Å². The van der Waals surface area contributed by atoms with Gasteiger partial charge in [0, 0.05) is 39.0 Å². The van der Waals surface area contributed by atoms with Crippen LogP contribution in [0.4, 0.5) is 0 Å². The molecule has 2 rings (SSSR count). The fourth-order valence-corrected chi connectivity index (χ4v) is 5.54. The minimum atomic E-state index is -3.91. The predicted octanol–water partition coefficient (Wildman–Crippen LogP) is 1.80. The lowest BCUT2D eigenvalue weighted by Crippen LogP contribution is -2.42. The quantitative estimate of drug-likeness (QED) is 0.225. The Morgan fingerprint density at radius 3 is 2.36 bits per heavy atom. The minimum Gasteiger partial charge on any atom is -0.497 e. The lowest BCUT2D eigenvalue weighted by atomic mass is 9.97. The van der Waals surface area contributed by atoms with Crippen LogP contribution in [0, 0.1) is 11.8 Å². The van der Waals surface area contributed by atoms with Gasteiger partial charge in [-0.3, -0.25) is 19.6 Å². The molecule has 0 bridgehead atoms. The Balaban J connectivity index is 2.06. The highest BCUT2D eigenvalue weighted by molar-refractivity contribution is 7.89. The molecule has 36 heavy (non-hydrogen) atoms. The van der Waals surface area contributed by atoms with Gasteiger partial charge in [-0.1, -0.05) is 6.92 Å². The predicted molar refractivity (Wildman–Crippen MR) is 131 cm³/mol. The van der Waals surface area contributed by atoms with Gasteiger partial charge in [-0.25, -0.2) is 13.9 Å². The van der Waals surface area contributed by atoms with Crippen molar-refractivity contribution in [1.29, 1.82) is 0 Å². The average molecular weight is 528 g/mol. The van der Waals surface area contributed by atoms with Crippen LogP contribution in [-0.2, 0) is 29.1 Å². The third-order valence-electron chi connectivity index (χ3n) is 6.27. The molecule has 0 spiro atoms. The van der Waals surface area contributed by atoms with Crippen LogP contribution in [0.5, 0.6) is 5.75 Å². The molecule has 202 valence electrons. The summed E-state index contributed by atoms with van der Waals surface area (Å²) in [6.45, 7) is 4.77. The van der Waals surface area contributed by atoms with Crippen LogP contribution in [0.2, 0.25) is 0 Å². The standard InChI is InChI=1S/C24H37N3O8S/c1-4-35-24(30)19-10-13-26(14-11-19)23(29)12-16-27(15-9-18(2)17-22(28)25-31)36(32,33)21-7-5-20(34-3)6-8-21/h5-8,18-19,31H,4,9-17H2,1-3H3,(H,25,28). The van der Waals surface area contributed by atoms with E-state index in [0.717, 1.165) is 0 Å². The molecule has 0 aliphatic carbocycles. The Labute approximate surface area is 212 Å². The summed E-state index contributed by atoms with van der Waals surface area (Å²) >= 11 is 0.